The summed E-state index contributed by atoms with van der Waals surface area (Å²) >= 11 is 0. The van der Waals surface area contributed by atoms with Gasteiger partial charge in [0.05, 0.1) is 18.1 Å². The van der Waals surface area contributed by atoms with Crippen molar-refractivity contribution in [1.29, 1.82) is 0 Å². The van der Waals surface area contributed by atoms with Gasteiger partial charge in [-0.2, -0.15) is 0 Å². The predicted octanol–water partition coefficient (Wildman–Crippen LogP) is -0.664. The van der Waals surface area contributed by atoms with Crippen molar-refractivity contribution < 1.29 is 23.7 Å². The molecule has 2 aliphatic rings. The molecule has 3 N–H and O–H groups in total. The average molecular weight is 236 g/mol. The van der Waals surface area contributed by atoms with Crippen LogP contribution >= 0.6 is 0 Å². The minimum Gasteiger partial charge on any atom is -0.460 e. The molecule has 1 aliphatic heterocycles. The lowest BCUT2D eigenvalue weighted by atomic mass is 9.80. The first kappa shape index (κ1) is 11.5. The lowest BCUT2D eigenvalue weighted by Crippen LogP contribution is -2.57. The summed E-state index contributed by atoms with van der Waals surface area (Å²) in [6, 6.07) is -0.347. The van der Waals surface area contributed by atoms with E-state index in [1.165, 1.54) is 7.05 Å². The number of hydrogen-bond donors (Lipinski definition) is 3. The molecule has 0 aromatic heterocycles. The number of nitrogens with zero attached hydrogens (tertiary/aromatic N) is 1. The number of hydrogen-bond acceptors (Lipinski definition) is 4. The molecular weight excluding hydrogens is 222 g/mol. The largest absolute Gasteiger partial charge is 0.460 e. The van der Waals surface area contributed by atoms with E-state index in [4.69, 9.17) is 4.74 Å². The van der Waals surface area contributed by atoms with Crippen molar-refractivity contribution in [2.45, 2.75) is 37.2 Å². The summed E-state index contributed by atoms with van der Waals surface area (Å²) in [5.74, 6) is -1.26. The molecule has 0 spiro atoms. The fourth-order valence-electron chi connectivity index (χ4n) is 2.23. The molecule has 1 heterocycles. The van der Waals surface area contributed by atoms with Crippen LogP contribution in [-0.2, 0) is 4.74 Å². The first-order valence-electron chi connectivity index (χ1n) is 5.09. The summed E-state index contributed by atoms with van der Waals surface area (Å²) in [6.07, 6.45) is -5.93. The molecule has 2 rings (SSSR count). The molecule has 0 amide bonds. The van der Waals surface area contributed by atoms with Crippen molar-refractivity contribution in [1.82, 2.24) is 5.32 Å². The van der Waals surface area contributed by atoms with Gasteiger partial charge >= 0.3 is 0 Å². The lowest BCUT2D eigenvalue weighted by molar-refractivity contribution is -0.123. The maximum absolute atomic E-state index is 12.6. The van der Waals surface area contributed by atoms with Crippen LogP contribution in [0.3, 0.4) is 0 Å². The maximum atomic E-state index is 12.6. The highest BCUT2D eigenvalue weighted by Gasteiger charge is 2.51. The molecule has 1 saturated heterocycles. The van der Waals surface area contributed by atoms with Crippen LogP contribution in [0.15, 0.2) is 4.99 Å². The topological polar surface area (TPSA) is 74.1 Å². The minimum atomic E-state index is -2.67. The number of ether oxygens (including phenoxy) is 1. The van der Waals surface area contributed by atoms with Crippen LogP contribution in [0.2, 0.25) is 0 Å². The van der Waals surface area contributed by atoms with E-state index >= 15 is 0 Å². The quantitative estimate of drug-likeness (QED) is 0.565. The van der Waals surface area contributed by atoms with E-state index in [-0.39, 0.29) is 12.4 Å². The predicted molar refractivity (Wildman–Crippen MR) is 51.3 cm³/mol. The normalized spacial score (nSPS) is 45.4. The number of amidine groups is 1. The van der Waals surface area contributed by atoms with Crippen molar-refractivity contribution in [2.75, 3.05) is 7.05 Å². The second-order valence-corrected chi connectivity index (χ2v) is 4.07. The fraction of sp³-hybridized carbons (Fsp3) is 0.889. The molecule has 1 saturated carbocycles. The van der Waals surface area contributed by atoms with Gasteiger partial charge in [-0.25, -0.2) is 13.8 Å². The third kappa shape index (κ3) is 1.73. The Kier molecular flexibility index (Phi) is 2.98. The molecule has 2 fully saturated rings. The molecular formula is C9H14F2N2O3. The van der Waals surface area contributed by atoms with Gasteiger partial charge < -0.3 is 20.3 Å². The van der Waals surface area contributed by atoms with Crippen LogP contribution in [-0.4, -0.2) is 54.1 Å². The van der Waals surface area contributed by atoms with Crippen molar-refractivity contribution in [3.05, 3.63) is 0 Å². The van der Waals surface area contributed by atoms with Gasteiger partial charge in [-0.1, -0.05) is 0 Å². The highest BCUT2D eigenvalue weighted by molar-refractivity contribution is 5.76. The Hall–Kier alpha value is -0.950. The lowest BCUT2D eigenvalue weighted by Gasteiger charge is -2.37. The second kappa shape index (κ2) is 4.14. The highest BCUT2D eigenvalue weighted by Crippen LogP contribution is 2.34. The number of halogens is 2. The summed E-state index contributed by atoms with van der Waals surface area (Å²) in [5.41, 5.74) is 0. The van der Waals surface area contributed by atoms with Crippen molar-refractivity contribution in [3.8, 4) is 0 Å². The molecule has 7 heteroatoms. The van der Waals surface area contributed by atoms with Gasteiger partial charge in [0.1, 0.15) is 12.2 Å². The van der Waals surface area contributed by atoms with Crippen LogP contribution in [0.4, 0.5) is 8.78 Å². The summed E-state index contributed by atoms with van der Waals surface area (Å²) < 4.78 is 30.5. The first-order chi connectivity index (χ1) is 7.54. The maximum Gasteiger partial charge on any atom is 0.285 e. The summed E-state index contributed by atoms with van der Waals surface area (Å²) in [4.78, 5) is 3.74. The van der Waals surface area contributed by atoms with Gasteiger partial charge in [-0.15, -0.1) is 0 Å². The Morgan fingerprint density at radius 2 is 2.12 bits per heavy atom. The zero-order valence-corrected chi connectivity index (χ0v) is 8.68. The molecule has 0 aromatic carbocycles. The van der Waals surface area contributed by atoms with E-state index in [2.05, 4.69) is 10.3 Å². The van der Waals surface area contributed by atoms with Gasteiger partial charge in [0.2, 0.25) is 6.43 Å². The van der Waals surface area contributed by atoms with E-state index in [0.717, 1.165) is 0 Å². The monoisotopic (exact) mass is 236 g/mol. The molecule has 0 bridgehead atoms. The molecule has 5 atom stereocenters. The zero-order chi connectivity index (χ0) is 11.9. The Bertz CT molecular complexity index is 300. The van der Waals surface area contributed by atoms with Gasteiger partial charge in [-0.05, 0) is 6.42 Å². The van der Waals surface area contributed by atoms with Crippen LogP contribution in [0.5, 0.6) is 0 Å². The van der Waals surface area contributed by atoms with Crippen molar-refractivity contribution >= 4 is 6.02 Å². The van der Waals surface area contributed by atoms with Crippen LogP contribution in [0, 0.1) is 5.92 Å². The summed E-state index contributed by atoms with van der Waals surface area (Å²) in [6.45, 7) is 0. The van der Waals surface area contributed by atoms with Crippen LogP contribution < -0.4 is 5.32 Å². The smallest absolute Gasteiger partial charge is 0.285 e. The van der Waals surface area contributed by atoms with Gasteiger partial charge in [-0.3, -0.25) is 0 Å². The standard InChI is InChI=1S/C9H14F2N2O3/c1-12-9-13-5-4(16-9)2-3(8(10)11)6(14)7(5)15/h3-8,14-15H,2H2,1H3,(H,12,13)/t3?,4-,5-,6+,7?/m0/s1. The average Bonchev–Trinajstić information content (AvgIpc) is 2.66. The molecule has 16 heavy (non-hydrogen) atoms. The SMILES string of the molecule is CN=C1N[C@@H]2C(O)[C@H](O)C(C(F)F)C[C@@H]2O1. The van der Waals surface area contributed by atoms with E-state index in [0.29, 0.717) is 0 Å². The second-order valence-electron chi connectivity index (χ2n) is 4.07. The highest BCUT2D eigenvalue weighted by atomic mass is 19.3. The summed E-state index contributed by atoms with van der Waals surface area (Å²) in [7, 11) is 1.49. The third-order valence-electron chi connectivity index (χ3n) is 3.14. The van der Waals surface area contributed by atoms with Gasteiger partial charge in [0, 0.05) is 7.05 Å². The molecule has 0 aromatic rings. The van der Waals surface area contributed by atoms with E-state index in [1.54, 1.807) is 0 Å². The number of alkyl halides is 2. The van der Waals surface area contributed by atoms with Gasteiger partial charge in [0.15, 0.2) is 0 Å². The van der Waals surface area contributed by atoms with E-state index in [9.17, 15) is 19.0 Å². The molecule has 5 nitrogen and oxygen atoms in total. The first-order valence-corrected chi connectivity index (χ1v) is 5.09. The number of aliphatic hydroxyl groups is 2. The Morgan fingerprint density at radius 1 is 1.44 bits per heavy atom. The number of aliphatic imine (C=N–C) groups is 1. The Labute approximate surface area is 91.1 Å². The van der Waals surface area contributed by atoms with Crippen molar-refractivity contribution in [3.63, 3.8) is 0 Å². The number of rotatable bonds is 1. The molecule has 2 unspecified atom stereocenters. The third-order valence-corrected chi connectivity index (χ3v) is 3.14. The van der Waals surface area contributed by atoms with E-state index < -0.39 is 36.7 Å². The Balaban J connectivity index is 2.15. The van der Waals surface area contributed by atoms with E-state index in [1.807, 2.05) is 0 Å². The molecule has 1 aliphatic carbocycles. The molecule has 0 radical (unpaired) electrons. The Morgan fingerprint density at radius 3 is 2.69 bits per heavy atom. The van der Waals surface area contributed by atoms with Crippen LogP contribution in [0.1, 0.15) is 6.42 Å². The van der Waals surface area contributed by atoms with Crippen molar-refractivity contribution in [2.24, 2.45) is 10.9 Å². The van der Waals surface area contributed by atoms with Gasteiger partial charge in [0.25, 0.3) is 6.02 Å². The summed E-state index contributed by atoms with van der Waals surface area (Å²) in [5, 5.41) is 22.0. The number of fused-ring (bicyclic) bond motifs is 1. The minimum absolute atomic E-state index is 0.00653. The number of aliphatic hydroxyl groups excluding tert-OH is 2. The fourth-order valence-corrected chi connectivity index (χ4v) is 2.23. The van der Waals surface area contributed by atoms with Crippen LogP contribution in [0.25, 0.3) is 0 Å². The number of nitrogens with one attached hydrogen (secondary N) is 1. The molecule has 92 valence electrons. The zero-order valence-electron chi connectivity index (χ0n) is 8.68.